The van der Waals surface area contributed by atoms with Crippen LogP contribution in [-0.2, 0) is 0 Å². The molecular weight excluding hydrogens is 368 g/mol. The normalized spacial score (nSPS) is 12.0. The van der Waals surface area contributed by atoms with Gasteiger partial charge >= 0.3 is 0 Å². The lowest BCUT2D eigenvalue weighted by Gasteiger charge is -2.17. The number of nitrogens with zero attached hydrogens (tertiary/aromatic N) is 1. The van der Waals surface area contributed by atoms with Crippen molar-refractivity contribution in [3.8, 4) is 11.5 Å². The fourth-order valence-electron chi connectivity index (χ4n) is 3.01. The van der Waals surface area contributed by atoms with Gasteiger partial charge in [0.15, 0.2) is 11.4 Å². The summed E-state index contributed by atoms with van der Waals surface area (Å²) in [6.07, 6.45) is 10.7. The Balaban J connectivity index is 2.86. The SMILES string of the molecule is CCCCOc1cc(SCCC(CC)CCCC)c(OCCCC)cc1N=[NH2+]. The molecule has 1 unspecified atom stereocenters. The minimum atomic E-state index is 0.668. The van der Waals surface area contributed by atoms with Crippen molar-refractivity contribution < 1.29 is 15.0 Å². The van der Waals surface area contributed by atoms with Crippen molar-refractivity contribution in [3.63, 3.8) is 0 Å². The fraction of sp³-hybridized carbons (Fsp3) is 0.739. The molecule has 1 atom stereocenters. The molecular formula is C23H41N2O2S+. The van der Waals surface area contributed by atoms with Crippen LogP contribution >= 0.6 is 11.8 Å². The van der Waals surface area contributed by atoms with E-state index >= 15 is 0 Å². The predicted octanol–water partition coefficient (Wildman–Crippen LogP) is 6.59. The van der Waals surface area contributed by atoms with Crippen molar-refractivity contribution >= 4 is 17.4 Å². The Morgan fingerprint density at radius 2 is 1.54 bits per heavy atom. The van der Waals surface area contributed by atoms with Gasteiger partial charge in [0.05, 0.1) is 18.1 Å². The first-order valence-corrected chi connectivity index (χ1v) is 12.2. The molecule has 0 saturated carbocycles. The van der Waals surface area contributed by atoms with Gasteiger partial charge < -0.3 is 9.47 Å². The van der Waals surface area contributed by atoms with E-state index in [-0.39, 0.29) is 0 Å². The van der Waals surface area contributed by atoms with Crippen LogP contribution in [0.2, 0.25) is 0 Å². The molecule has 28 heavy (non-hydrogen) atoms. The first kappa shape index (κ1) is 24.8. The Kier molecular flexibility index (Phi) is 13.9. The monoisotopic (exact) mass is 409 g/mol. The number of benzene rings is 1. The number of hydrogen-bond donors (Lipinski definition) is 1. The van der Waals surface area contributed by atoms with Crippen molar-refractivity contribution in [1.29, 1.82) is 0 Å². The smallest absolute Gasteiger partial charge is 0.175 e. The molecule has 4 nitrogen and oxygen atoms in total. The molecule has 0 radical (unpaired) electrons. The van der Waals surface area contributed by atoms with Crippen LogP contribution in [0.4, 0.5) is 5.69 Å². The summed E-state index contributed by atoms with van der Waals surface area (Å²) in [5, 5.41) is 3.92. The van der Waals surface area contributed by atoms with Crippen LogP contribution in [0.5, 0.6) is 11.5 Å². The maximum Gasteiger partial charge on any atom is 0.175 e. The quantitative estimate of drug-likeness (QED) is 0.179. The number of thioether (sulfide) groups is 1. The van der Waals surface area contributed by atoms with Crippen LogP contribution in [0.1, 0.15) is 85.5 Å². The maximum absolute atomic E-state index is 6.06. The van der Waals surface area contributed by atoms with Crippen LogP contribution < -0.4 is 15.0 Å². The number of rotatable bonds is 17. The molecule has 0 aliphatic carbocycles. The van der Waals surface area contributed by atoms with Gasteiger partial charge in [0.1, 0.15) is 5.75 Å². The molecule has 160 valence electrons. The second-order valence-corrected chi connectivity index (χ2v) is 8.49. The minimum Gasteiger partial charge on any atom is -0.492 e. The summed E-state index contributed by atoms with van der Waals surface area (Å²) in [4.78, 5) is 1.14. The van der Waals surface area contributed by atoms with E-state index < -0.39 is 0 Å². The summed E-state index contributed by atoms with van der Waals surface area (Å²) in [7, 11) is 0. The molecule has 1 rings (SSSR count). The van der Waals surface area contributed by atoms with Crippen LogP contribution in [-0.4, -0.2) is 19.0 Å². The van der Waals surface area contributed by atoms with Crippen LogP contribution in [0.25, 0.3) is 0 Å². The molecule has 0 aromatic heterocycles. The van der Waals surface area contributed by atoms with E-state index in [9.17, 15) is 0 Å². The van der Waals surface area contributed by atoms with E-state index in [1.807, 2.05) is 17.8 Å². The number of ether oxygens (including phenoxy) is 2. The Hall–Kier alpha value is -1.23. The molecule has 1 aromatic carbocycles. The third-order valence-electron chi connectivity index (χ3n) is 5.00. The zero-order chi connectivity index (χ0) is 20.6. The zero-order valence-corrected chi connectivity index (χ0v) is 19.3. The van der Waals surface area contributed by atoms with Gasteiger partial charge in [0.25, 0.3) is 0 Å². The number of hydrogen-bond acceptors (Lipinski definition) is 4. The van der Waals surface area contributed by atoms with Gasteiger partial charge in [-0.3, -0.25) is 0 Å². The highest BCUT2D eigenvalue weighted by Gasteiger charge is 2.15. The van der Waals surface area contributed by atoms with Gasteiger partial charge in [-0.05, 0) is 42.1 Å². The van der Waals surface area contributed by atoms with Crippen molar-refractivity contribution in [1.82, 2.24) is 0 Å². The summed E-state index contributed by atoms with van der Waals surface area (Å²) in [6.45, 7) is 10.3. The second-order valence-electron chi connectivity index (χ2n) is 7.35. The first-order valence-electron chi connectivity index (χ1n) is 11.2. The molecule has 0 aliphatic rings. The van der Waals surface area contributed by atoms with Crippen molar-refractivity contribution in [2.75, 3.05) is 19.0 Å². The van der Waals surface area contributed by atoms with Gasteiger partial charge in [-0.25, -0.2) is 0 Å². The third-order valence-corrected chi connectivity index (χ3v) is 6.07. The van der Waals surface area contributed by atoms with E-state index in [2.05, 4.69) is 38.9 Å². The Bertz CT molecular complexity index is 552. The molecule has 0 fully saturated rings. The summed E-state index contributed by atoms with van der Waals surface area (Å²) in [6, 6.07) is 4.01. The fourth-order valence-corrected chi connectivity index (χ4v) is 4.13. The van der Waals surface area contributed by atoms with Gasteiger partial charge in [0, 0.05) is 6.07 Å². The standard InChI is InChI=1S/C23H40N2O2S/c1-5-9-12-19(8-4)13-16-28-23-18-21(26-14-10-6-2)20(25-24)17-22(23)27-15-11-7-3/h17-19,24H,5-16H2,1-4H3/p+1. The lowest BCUT2D eigenvalue weighted by Crippen LogP contribution is -2.22. The maximum atomic E-state index is 6.06. The largest absolute Gasteiger partial charge is 0.492 e. The van der Waals surface area contributed by atoms with Crippen LogP contribution in [0.15, 0.2) is 22.1 Å². The molecule has 0 saturated heterocycles. The predicted molar refractivity (Wildman–Crippen MR) is 120 cm³/mol. The zero-order valence-electron chi connectivity index (χ0n) is 18.5. The van der Waals surface area contributed by atoms with Gasteiger partial charge in [-0.15, -0.1) is 11.8 Å². The van der Waals surface area contributed by atoms with Gasteiger partial charge in [-0.1, -0.05) is 66.2 Å². The molecule has 5 heteroatoms. The Labute approximate surface area is 176 Å². The molecule has 0 heterocycles. The third kappa shape index (κ3) is 9.31. The average molecular weight is 410 g/mol. The lowest BCUT2D eigenvalue weighted by molar-refractivity contribution is -0.210. The Morgan fingerprint density at radius 3 is 2.11 bits per heavy atom. The first-order chi connectivity index (χ1) is 13.7. The summed E-state index contributed by atoms with van der Waals surface area (Å²) in [5.41, 5.74) is 6.28. The highest BCUT2D eigenvalue weighted by molar-refractivity contribution is 7.99. The molecule has 0 spiro atoms. The lowest BCUT2D eigenvalue weighted by atomic mass is 9.97. The summed E-state index contributed by atoms with van der Waals surface area (Å²) in [5.74, 6) is 3.56. The van der Waals surface area contributed by atoms with E-state index in [4.69, 9.17) is 15.0 Å². The van der Waals surface area contributed by atoms with Crippen molar-refractivity contribution in [3.05, 3.63) is 12.1 Å². The van der Waals surface area contributed by atoms with E-state index in [1.165, 1.54) is 32.1 Å². The van der Waals surface area contributed by atoms with Crippen molar-refractivity contribution in [2.24, 2.45) is 11.0 Å². The average Bonchev–Trinajstić information content (AvgIpc) is 2.71. The molecule has 0 bridgehead atoms. The highest BCUT2D eigenvalue weighted by Crippen LogP contribution is 2.40. The summed E-state index contributed by atoms with van der Waals surface area (Å²) < 4.78 is 12.0. The highest BCUT2D eigenvalue weighted by atomic mass is 32.2. The van der Waals surface area contributed by atoms with Crippen molar-refractivity contribution in [2.45, 2.75) is 90.4 Å². The minimum absolute atomic E-state index is 0.668. The number of nitrogens with two attached hydrogens (primary N) is 1. The van der Waals surface area contributed by atoms with Gasteiger partial charge in [0.2, 0.25) is 0 Å². The molecule has 0 aliphatic heterocycles. The van der Waals surface area contributed by atoms with Crippen LogP contribution in [0.3, 0.4) is 0 Å². The van der Waals surface area contributed by atoms with E-state index in [0.29, 0.717) is 12.3 Å². The van der Waals surface area contributed by atoms with Crippen LogP contribution in [0, 0.1) is 5.92 Å². The molecule has 2 N–H and O–H groups in total. The van der Waals surface area contributed by atoms with E-state index in [0.717, 1.165) is 60.4 Å². The van der Waals surface area contributed by atoms with Gasteiger partial charge in [-0.2, -0.15) is 5.53 Å². The summed E-state index contributed by atoms with van der Waals surface area (Å²) >= 11 is 1.87. The number of unbranched alkanes of at least 4 members (excludes halogenated alkanes) is 3. The van der Waals surface area contributed by atoms with E-state index in [1.54, 1.807) is 0 Å². The second kappa shape index (κ2) is 15.7. The molecule has 1 aromatic rings. The Morgan fingerprint density at radius 1 is 0.893 bits per heavy atom. The topological polar surface area (TPSA) is 56.4 Å². The molecule has 0 amide bonds.